The van der Waals surface area contributed by atoms with E-state index < -0.39 is 5.97 Å². The van der Waals surface area contributed by atoms with E-state index in [0.717, 1.165) is 0 Å². The van der Waals surface area contributed by atoms with E-state index in [2.05, 4.69) is 5.32 Å². The number of carboxylic acids is 1. The summed E-state index contributed by atoms with van der Waals surface area (Å²) < 4.78 is 0. The molecule has 0 rings (SSSR count). The van der Waals surface area contributed by atoms with Gasteiger partial charge in [0.05, 0.1) is 6.42 Å². The van der Waals surface area contributed by atoms with Gasteiger partial charge in [0, 0.05) is 19.1 Å². The molecule has 0 saturated heterocycles. The number of hydrogen-bond donors (Lipinski definition) is 3. The van der Waals surface area contributed by atoms with Crippen LogP contribution in [0.3, 0.4) is 0 Å². The fraction of sp³-hybridized carbons (Fsp3) is 0.833. The minimum atomic E-state index is -0.781. The maximum absolute atomic E-state index is 10.00. The van der Waals surface area contributed by atoms with Crippen molar-refractivity contribution in [3.63, 3.8) is 0 Å². The Morgan fingerprint density at radius 1 is 1.80 bits per heavy atom. The van der Waals surface area contributed by atoms with Crippen LogP contribution in [0.5, 0.6) is 0 Å². The van der Waals surface area contributed by atoms with E-state index in [0.29, 0.717) is 13.1 Å². The van der Waals surface area contributed by atoms with Gasteiger partial charge < -0.3 is 16.2 Å². The molecule has 0 amide bonds. The van der Waals surface area contributed by atoms with Crippen molar-refractivity contribution >= 4 is 5.97 Å². The van der Waals surface area contributed by atoms with E-state index in [4.69, 9.17) is 10.8 Å². The van der Waals surface area contributed by atoms with Gasteiger partial charge in [0.1, 0.15) is 0 Å². The Bertz CT molecular complexity index is 106. The molecule has 0 aliphatic carbocycles. The minimum Gasteiger partial charge on any atom is -0.481 e. The predicted molar refractivity (Wildman–Crippen MR) is 38.8 cm³/mol. The molecular formula is C6H14N2O2. The summed E-state index contributed by atoms with van der Waals surface area (Å²) in [4.78, 5) is 10.00. The second-order valence-electron chi connectivity index (χ2n) is 2.23. The molecule has 0 bridgehead atoms. The van der Waals surface area contributed by atoms with Gasteiger partial charge >= 0.3 is 5.97 Å². The summed E-state index contributed by atoms with van der Waals surface area (Å²) in [5.41, 5.74) is 5.28. The molecule has 1 atom stereocenters. The van der Waals surface area contributed by atoms with Crippen molar-refractivity contribution in [1.82, 2.24) is 5.32 Å². The lowest BCUT2D eigenvalue weighted by Gasteiger charge is -2.08. The number of nitrogens with two attached hydrogens (primary N) is 1. The van der Waals surface area contributed by atoms with Crippen molar-refractivity contribution in [2.75, 3.05) is 13.1 Å². The van der Waals surface area contributed by atoms with Crippen molar-refractivity contribution < 1.29 is 9.90 Å². The lowest BCUT2D eigenvalue weighted by molar-refractivity contribution is -0.136. The first kappa shape index (κ1) is 9.39. The van der Waals surface area contributed by atoms with E-state index in [1.807, 2.05) is 6.92 Å². The molecule has 0 aromatic rings. The fourth-order valence-corrected chi connectivity index (χ4v) is 0.509. The summed E-state index contributed by atoms with van der Waals surface area (Å²) >= 11 is 0. The average molecular weight is 146 g/mol. The van der Waals surface area contributed by atoms with Crippen LogP contribution in [-0.4, -0.2) is 30.2 Å². The fourth-order valence-electron chi connectivity index (χ4n) is 0.509. The molecule has 0 fully saturated rings. The first-order valence-corrected chi connectivity index (χ1v) is 3.32. The number of aliphatic carboxylic acids is 1. The van der Waals surface area contributed by atoms with Gasteiger partial charge in [-0.25, -0.2) is 0 Å². The lowest BCUT2D eigenvalue weighted by Crippen LogP contribution is -2.34. The molecule has 4 nitrogen and oxygen atoms in total. The zero-order valence-electron chi connectivity index (χ0n) is 6.13. The van der Waals surface area contributed by atoms with E-state index in [1.165, 1.54) is 0 Å². The standard InChI is InChI=1S/C6H14N2O2/c1-5(4-7)8-3-2-6(9)10/h5,8H,2-4,7H2,1H3,(H,9,10). The van der Waals surface area contributed by atoms with Crippen molar-refractivity contribution in [3.8, 4) is 0 Å². The van der Waals surface area contributed by atoms with Crippen LogP contribution in [0.1, 0.15) is 13.3 Å². The Kier molecular flexibility index (Phi) is 4.88. The van der Waals surface area contributed by atoms with Gasteiger partial charge in [-0.05, 0) is 6.92 Å². The molecule has 0 aliphatic heterocycles. The third-order valence-corrected chi connectivity index (χ3v) is 1.19. The molecule has 1 unspecified atom stereocenters. The Balaban J connectivity index is 3.11. The van der Waals surface area contributed by atoms with E-state index >= 15 is 0 Å². The van der Waals surface area contributed by atoms with Gasteiger partial charge in [0.2, 0.25) is 0 Å². The molecule has 0 heterocycles. The summed E-state index contributed by atoms with van der Waals surface area (Å²) in [7, 11) is 0. The van der Waals surface area contributed by atoms with Crippen molar-refractivity contribution in [3.05, 3.63) is 0 Å². The number of carboxylic acid groups (broad SMARTS) is 1. The first-order valence-electron chi connectivity index (χ1n) is 3.32. The van der Waals surface area contributed by atoms with Crippen LogP contribution >= 0.6 is 0 Å². The quantitative estimate of drug-likeness (QED) is 0.484. The second-order valence-corrected chi connectivity index (χ2v) is 2.23. The predicted octanol–water partition coefficient (Wildman–Crippen LogP) is -0.602. The smallest absolute Gasteiger partial charge is 0.304 e. The molecule has 0 aromatic heterocycles. The molecule has 0 aliphatic rings. The molecule has 0 radical (unpaired) electrons. The van der Waals surface area contributed by atoms with Gasteiger partial charge in [-0.15, -0.1) is 0 Å². The lowest BCUT2D eigenvalue weighted by atomic mass is 10.3. The third-order valence-electron chi connectivity index (χ3n) is 1.19. The third kappa shape index (κ3) is 5.53. The van der Waals surface area contributed by atoms with Crippen LogP contribution in [0.4, 0.5) is 0 Å². The molecule has 10 heavy (non-hydrogen) atoms. The summed E-state index contributed by atoms with van der Waals surface area (Å²) in [6.07, 6.45) is 0.157. The van der Waals surface area contributed by atoms with E-state index in [1.54, 1.807) is 0 Å². The summed E-state index contributed by atoms with van der Waals surface area (Å²) in [5, 5.41) is 11.2. The van der Waals surface area contributed by atoms with E-state index in [9.17, 15) is 4.79 Å². The maximum atomic E-state index is 10.00. The summed E-state index contributed by atoms with van der Waals surface area (Å²) in [6, 6.07) is 0.208. The van der Waals surface area contributed by atoms with Crippen LogP contribution in [0, 0.1) is 0 Å². The maximum Gasteiger partial charge on any atom is 0.304 e. The van der Waals surface area contributed by atoms with Crippen LogP contribution in [0.2, 0.25) is 0 Å². The monoisotopic (exact) mass is 146 g/mol. The Labute approximate surface area is 60.4 Å². The van der Waals surface area contributed by atoms with E-state index in [-0.39, 0.29) is 12.5 Å². The number of nitrogens with one attached hydrogen (secondary N) is 1. The highest BCUT2D eigenvalue weighted by atomic mass is 16.4. The van der Waals surface area contributed by atoms with Crippen molar-refractivity contribution in [2.24, 2.45) is 5.73 Å². The van der Waals surface area contributed by atoms with Gasteiger partial charge in [-0.2, -0.15) is 0 Å². The molecule has 0 spiro atoms. The van der Waals surface area contributed by atoms with Crippen LogP contribution in [0.25, 0.3) is 0 Å². The molecular weight excluding hydrogens is 132 g/mol. The van der Waals surface area contributed by atoms with Crippen molar-refractivity contribution in [1.29, 1.82) is 0 Å². The number of hydrogen-bond acceptors (Lipinski definition) is 3. The highest BCUT2D eigenvalue weighted by molar-refractivity contribution is 5.66. The largest absolute Gasteiger partial charge is 0.481 e. The van der Waals surface area contributed by atoms with Crippen LogP contribution in [0.15, 0.2) is 0 Å². The Morgan fingerprint density at radius 3 is 2.80 bits per heavy atom. The highest BCUT2D eigenvalue weighted by Crippen LogP contribution is 1.79. The molecule has 0 aromatic carbocycles. The molecule has 4 N–H and O–H groups in total. The average Bonchev–Trinajstić information content (AvgIpc) is 1.87. The van der Waals surface area contributed by atoms with Crippen LogP contribution in [-0.2, 0) is 4.79 Å². The molecule has 4 heteroatoms. The molecule has 0 saturated carbocycles. The van der Waals surface area contributed by atoms with Gasteiger partial charge in [-0.1, -0.05) is 0 Å². The summed E-state index contributed by atoms with van der Waals surface area (Å²) in [6.45, 7) is 2.95. The zero-order chi connectivity index (χ0) is 7.98. The summed E-state index contributed by atoms with van der Waals surface area (Å²) in [5.74, 6) is -0.781. The first-order chi connectivity index (χ1) is 4.66. The minimum absolute atomic E-state index is 0.157. The highest BCUT2D eigenvalue weighted by Gasteiger charge is 1.98. The van der Waals surface area contributed by atoms with Crippen molar-refractivity contribution in [2.45, 2.75) is 19.4 Å². The van der Waals surface area contributed by atoms with Crippen LogP contribution < -0.4 is 11.1 Å². The van der Waals surface area contributed by atoms with Gasteiger partial charge in [0.25, 0.3) is 0 Å². The zero-order valence-corrected chi connectivity index (χ0v) is 6.13. The normalized spacial score (nSPS) is 13.0. The Morgan fingerprint density at radius 2 is 2.40 bits per heavy atom. The second kappa shape index (κ2) is 5.20. The molecule has 60 valence electrons. The SMILES string of the molecule is CC(CN)NCCC(=O)O. The number of rotatable bonds is 5. The van der Waals surface area contributed by atoms with Gasteiger partial charge in [-0.3, -0.25) is 4.79 Å². The van der Waals surface area contributed by atoms with Gasteiger partial charge in [0.15, 0.2) is 0 Å². The number of carbonyl (C=O) groups is 1. The Hall–Kier alpha value is -0.610. The topological polar surface area (TPSA) is 75.3 Å².